The van der Waals surface area contributed by atoms with Crippen molar-refractivity contribution in [3.05, 3.63) is 74.4 Å². The standard InChI is InChI=1S/C23H23N3O4/c1-14-24-22-20(21(27)16-7-5-6-8-17(16)25(22)2)23(28)26(14)12-11-15-9-10-18(29-3)19(13-15)30-4/h5-10,13H,11-12H2,1-4H3. The molecule has 0 unspecified atom stereocenters. The van der Waals surface area contributed by atoms with Crippen molar-refractivity contribution in [3.63, 3.8) is 0 Å². The average molecular weight is 405 g/mol. The van der Waals surface area contributed by atoms with Crippen LogP contribution in [-0.4, -0.2) is 28.3 Å². The summed E-state index contributed by atoms with van der Waals surface area (Å²) < 4.78 is 14.0. The van der Waals surface area contributed by atoms with E-state index >= 15 is 0 Å². The van der Waals surface area contributed by atoms with Gasteiger partial charge in [-0.2, -0.15) is 0 Å². The lowest BCUT2D eigenvalue weighted by Crippen LogP contribution is -2.30. The zero-order valence-corrected chi connectivity index (χ0v) is 17.4. The predicted molar refractivity (Wildman–Crippen MR) is 117 cm³/mol. The summed E-state index contributed by atoms with van der Waals surface area (Å²) in [5.41, 5.74) is 1.55. The molecule has 2 aromatic carbocycles. The Kier molecular flexibility index (Phi) is 5.03. The van der Waals surface area contributed by atoms with Crippen LogP contribution < -0.4 is 20.5 Å². The molecule has 0 saturated heterocycles. The quantitative estimate of drug-likeness (QED) is 0.477. The second-order valence-corrected chi connectivity index (χ2v) is 7.16. The molecule has 0 N–H and O–H groups in total. The van der Waals surface area contributed by atoms with Gasteiger partial charge in [0.1, 0.15) is 11.2 Å². The lowest BCUT2D eigenvalue weighted by atomic mass is 10.1. The summed E-state index contributed by atoms with van der Waals surface area (Å²) in [4.78, 5) is 30.9. The Morgan fingerprint density at radius 2 is 1.73 bits per heavy atom. The molecule has 0 aliphatic rings. The molecule has 2 heterocycles. The van der Waals surface area contributed by atoms with Crippen molar-refractivity contribution < 1.29 is 9.47 Å². The number of hydrogen-bond donors (Lipinski definition) is 0. The number of aryl methyl sites for hydroxylation is 3. The van der Waals surface area contributed by atoms with Crippen LogP contribution in [0, 0.1) is 6.92 Å². The van der Waals surface area contributed by atoms with E-state index in [0.29, 0.717) is 41.3 Å². The molecule has 0 radical (unpaired) electrons. The third-order valence-electron chi connectivity index (χ3n) is 5.47. The van der Waals surface area contributed by atoms with E-state index in [4.69, 9.17) is 9.47 Å². The fraction of sp³-hybridized carbons (Fsp3) is 0.261. The molecule has 30 heavy (non-hydrogen) atoms. The molecular formula is C23H23N3O4. The van der Waals surface area contributed by atoms with E-state index < -0.39 is 0 Å². The van der Waals surface area contributed by atoms with Crippen LogP contribution in [0.4, 0.5) is 0 Å². The molecule has 0 aliphatic carbocycles. The van der Waals surface area contributed by atoms with Crippen molar-refractivity contribution in [1.29, 1.82) is 0 Å². The van der Waals surface area contributed by atoms with Crippen molar-refractivity contribution in [1.82, 2.24) is 14.1 Å². The van der Waals surface area contributed by atoms with Crippen LogP contribution in [-0.2, 0) is 20.0 Å². The number of aromatic nitrogens is 3. The SMILES string of the molecule is COc1ccc(CCn2c(C)nc3c(c(=O)c4ccccc4n3C)c2=O)cc1OC. The van der Waals surface area contributed by atoms with Gasteiger partial charge in [-0.1, -0.05) is 18.2 Å². The van der Waals surface area contributed by atoms with Crippen molar-refractivity contribution in [2.75, 3.05) is 14.2 Å². The fourth-order valence-corrected chi connectivity index (χ4v) is 3.84. The Balaban J connectivity index is 1.81. The zero-order chi connectivity index (χ0) is 21.4. The van der Waals surface area contributed by atoms with Gasteiger partial charge in [-0.05, 0) is 43.2 Å². The van der Waals surface area contributed by atoms with Crippen molar-refractivity contribution in [2.45, 2.75) is 19.9 Å². The van der Waals surface area contributed by atoms with E-state index in [1.165, 1.54) is 0 Å². The normalized spacial score (nSPS) is 11.2. The van der Waals surface area contributed by atoms with Crippen molar-refractivity contribution in [2.24, 2.45) is 7.05 Å². The summed E-state index contributed by atoms with van der Waals surface area (Å²) in [6, 6.07) is 12.9. The van der Waals surface area contributed by atoms with Crippen LogP contribution in [0.2, 0.25) is 0 Å². The predicted octanol–water partition coefficient (Wildman–Crippen LogP) is 2.82. The lowest BCUT2D eigenvalue weighted by Gasteiger charge is -2.14. The average Bonchev–Trinajstić information content (AvgIpc) is 2.76. The molecular weight excluding hydrogens is 382 g/mol. The molecule has 4 rings (SSSR count). The minimum atomic E-state index is -0.315. The molecule has 0 amide bonds. The monoisotopic (exact) mass is 405 g/mol. The Hall–Kier alpha value is -3.61. The molecule has 0 atom stereocenters. The van der Waals surface area contributed by atoms with E-state index in [-0.39, 0.29) is 16.4 Å². The highest BCUT2D eigenvalue weighted by Gasteiger charge is 2.16. The first-order valence-electron chi connectivity index (χ1n) is 9.66. The Morgan fingerprint density at radius 3 is 2.47 bits per heavy atom. The van der Waals surface area contributed by atoms with Crippen LogP contribution in [0.3, 0.4) is 0 Å². The topological polar surface area (TPSA) is 75.4 Å². The second kappa shape index (κ2) is 7.67. The summed E-state index contributed by atoms with van der Waals surface area (Å²) in [6.07, 6.45) is 0.586. The minimum Gasteiger partial charge on any atom is -0.493 e. The summed E-state index contributed by atoms with van der Waals surface area (Å²) >= 11 is 0. The number of fused-ring (bicyclic) bond motifs is 2. The zero-order valence-electron chi connectivity index (χ0n) is 17.4. The van der Waals surface area contributed by atoms with Gasteiger partial charge in [0.2, 0.25) is 5.43 Å². The van der Waals surface area contributed by atoms with Gasteiger partial charge in [0.05, 0.1) is 19.7 Å². The first-order valence-corrected chi connectivity index (χ1v) is 9.66. The maximum atomic E-state index is 13.3. The van der Waals surface area contributed by atoms with Gasteiger partial charge in [0.25, 0.3) is 5.56 Å². The van der Waals surface area contributed by atoms with Gasteiger partial charge < -0.3 is 14.0 Å². The van der Waals surface area contributed by atoms with Crippen molar-refractivity contribution in [3.8, 4) is 11.5 Å². The van der Waals surface area contributed by atoms with Gasteiger partial charge in [-0.15, -0.1) is 0 Å². The van der Waals surface area contributed by atoms with Crippen molar-refractivity contribution >= 4 is 21.9 Å². The number of ether oxygens (including phenoxy) is 2. The molecule has 0 bridgehead atoms. The third-order valence-corrected chi connectivity index (χ3v) is 5.47. The molecule has 0 spiro atoms. The highest BCUT2D eigenvalue weighted by Crippen LogP contribution is 2.27. The van der Waals surface area contributed by atoms with Gasteiger partial charge >= 0.3 is 0 Å². The maximum Gasteiger partial charge on any atom is 0.266 e. The highest BCUT2D eigenvalue weighted by atomic mass is 16.5. The van der Waals surface area contributed by atoms with Gasteiger partial charge in [-0.25, -0.2) is 4.98 Å². The number of hydrogen-bond acceptors (Lipinski definition) is 5. The third kappa shape index (κ3) is 3.12. The number of rotatable bonds is 5. The van der Waals surface area contributed by atoms with E-state index in [0.717, 1.165) is 11.1 Å². The minimum absolute atomic E-state index is 0.120. The Morgan fingerprint density at radius 1 is 1.00 bits per heavy atom. The molecule has 0 saturated carbocycles. The number of para-hydroxylation sites is 1. The van der Waals surface area contributed by atoms with E-state index in [1.54, 1.807) is 42.4 Å². The first kappa shape index (κ1) is 19.7. The molecule has 4 aromatic rings. The summed E-state index contributed by atoms with van der Waals surface area (Å²) in [7, 11) is 5.00. The van der Waals surface area contributed by atoms with Crippen LogP contribution in [0.1, 0.15) is 11.4 Å². The molecule has 0 aliphatic heterocycles. The summed E-state index contributed by atoms with van der Waals surface area (Å²) in [5.74, 6) is 1.85. The van der Waals surface area contributed by atoms with Crippen LogP contribution in [0.15, 0.2) is 52.1 Å². The highest BCUT2D eigenvalue weighted by molar-refractivity contribution is 5.91. The van der Waals surface area contributed by atoms with E-state index in [2.05, 4.69) is 4.98 Å². The first-order chi connectivity index (χ1) is 14.5. The maximum absolute atomic E-state index is 13.3. The van der Waals surface area contributed by atoms with E-state index in [1.807, 2.05) is 37.4 Å². The largest absolute Gasteiger partial charge is 0.493 e. The van der Waals surface area contributed by atoms with E-state index in [9.17, 15) is 9.59 Å². The number of pyridine rings is 1. The molecule has 2 aromatic heterocycles. The Labute approximate surface area is 173 Å². The lowest BCUT2D eigenvalue weighted by molar-refractivity contribution is 0.354. The summed E-state index contributed by atoms with van der Waals surface area (Å²) in [6.45, 7) is 2.19. The molecule has 7 heteroatoms. The molecule has 7 nitrogen and oxygen atoms in total. The van der Waals surface area contributed by atoms with Gasteiger partial charge in [0.15, 0.2) is 17.1 Å². The van der Waals surface area contributed by atoms with Crippen LogP contribution in [0.5, 0.6) is 11.5 Å². The molecule has 0 fully saturated rings. The number of nitrogens with zero attached hydrogens (tertiary/aromatic N) is 3. The van der Waals surface area contributed by atoms with Gasteiger partial charge in [-0.3, -0.25) is 14.2 Å². The number of methoxy groups -OCH3 is 2. The smallest absolute Gasteiger partial charge is 0.266 e. The van der Waals surface area contributed by atoms with Gasteiger partial charge in [0, 0.05) is 19.0 Å². The fourth-order valence-electron chi connectivity index (χ4n) is 3.84. The second-order valence-electron chi connectivity index (χ2n) is 7.16. The Bertz CT molecular complexity index is 1390. The number of benzene rings is 2. The van der Waals surface area contributed by atoms with Crippen LogP contribution in [0.25, 0.3) is 21.9 Å². The van der Waals surface area contributed by atoms with Crippen LogP contribution >= 0.6 is 0 Å². The summed E-state index contributed by atoms with van der Waals surface area (Å²) in [5, 5.41) is 0.635. The molecule has 154 valence electrons.